The molecular formula is C16H16Cl2N2O. The van der Waals surface area contributed by atoms with E-state index < -0.39 is 0 Å². The SMILES string of the molecule is CC(NCC(=O)Nc1ccccc1Cl)c1ccccc1Cl. The van der Waals surface area contributed by atoms with Crippen molar-refractivity contribution in [3.8, 4) is 0 Å². The molecule has 0 saturated heterocycles. The van der Waals surface area contributed by atoms with E-state index in [1.165, 1.54) is 0 Å². The number of halogens is 2. The fourth-order valence-electron chi connectivity index (χ4n) is 1.94. The predicted octanol–water partition coefficient (Wildman–Crippen LogP) is 4.28. The van der Waals surface area contributed by atoms with Gasteiger partial charge in [-0.05, 0) is 30.7 Å². The Balaban J connectivity index is 1.90. The molecule has 2 aromatic carbocycles. The Hall–Kier alpha value is -1.55. The highest BCUT2D eigenvalue weighted by atomic mass is 35.5. The molecule has 3 nitrogen and oxygen atoms in total. The summed E-state index contributed by atoms with van der Waals surface area (Å²) in [5, 5.41) is 7.11. The molecule has 0 radical (unpaired) electrons. The van der Waals surface area contributed by atoms with Crippen LogP contribution in [0.3, 0.4) is 0 Å². The second-order valence-corrected chi connectivity index (χ2v) is 5.47. The Bertz CT molecular complexity index is 631. The lowest BCUT2D eigenvalue weighted by atomic mass is 10.1. The van der Waals surface area contributed by atoms with Crippen molar-refractivity contribution >= 4 is 34.8 Å². The highest BCUT2D eigenvalue weighted by molar-refractivity contribution is 6.33. The van der Waals surface area contributed by atoms with Crippen molar-refractivity contribution in [3.63, 3.8) is 0 Å². The summed E-state index contributed by atoms with van der Waals surface area (Å²) in [4.78, 5) is 11.9. The van der Waals surface area contributed by atoms with Gasteiger partial charge in [0.1, 0.15) is 0 Å². The van der Waals surface area contributed by atoms with Crippen LogP contribution in [-0.4, -0.2) is 12.5 Å². The van der Waals surface area contributed by atoms with Crippen LogP contribution in [0.25, 0.3) is 0 Å². The molecular weight excluding hydrogens is 307 g/mol. The molecule has 0 saturated carbocycles. The van der Waals surface area contributed by atoms with E-state index in [-0.39, 0.29) is 18.5 Å². The van der Waals surface area contributed by atoms with Crippen molar-refractivity contribution in [1.29, 1.82) is 0 Å². The van der Waals surface area contributed by atoms with E-state index in [0.717, 1.165) is 5.56 Å². The van der Waals surface area contributed by atoms with Crippen LogP contribution in [0.1, 0.15) is 18.5 Å². The van der Waals surface area contributed by atoms with E-state index in [9.17, 15) is 4.79 Å². The van der Waals surface area contributed by atoms with Gasteiger partial charge in [-0.2, -0.15) is 0 Å². The number of carbonyl (C=O) groups is 1. The maximum atomic E-state index is 11.9. The largest absolute Gasteiger partial charge is 0.324 e. The first-order valence-corrected chi connectivity index (χ1v) is 7.35. The topological polar surface area (TPSA) is 41.1 Å². The number of para-hydroxylation sites is 1. The Labute approximate surface area is 134 Å². The number of carbonyl (C=O) groups excluding carboxylic acids is 1. The Kier molecular flexibility index (Phi) is 5.62. The van der Waals surface area contributed by atoms with Gasteiger partial charge < -0.3 is 10.6 Å². The zero-order chi connectivity index (χ0) is 15.2. The zero-order valence-corrected chi connectivity index (χ0v) is 13.1. The van der Waals surface area contributed by atoms with Crippen LogP contribution in [0.4, 0.5) is 5.69 Å². The minimum absolute atomic E-state index is 0.0179. The first-order chi connectivity index (χ1) is 10.1. The molecule has 1 amide bonds. The van der Waals surface area contributed by atoms with Crippen molar-refractivity contribution in [3.05, 3.63) is 64.1 Å². The van der Waals surface area contributed by atoms with Gasteiger partial charge in [0, 0.05) is 11.1 Å². The molecule has 1 atom stereocenters. The first-order valence-electron chi connectivity index (χ1n) is 6.60. The van der Waals surface area contributed by atoms with Gasteiger partial charge in [-0.3, -0.25) is 4.79 Å². The van der Waals surface area contributed by atoms with Crippen LogP contribution in [0, 0.1) is 0 Å². The van der Waals surface area contributed by atoms with Gasteiger partial charge in [-0.1, -0.05) is 53.5 Å². The highest BCUT2D eigenvalue weighted by Crippen LogP contribution is 2.22. The predicted molar refractivity (Wildman–Crippen MR) is 88.0 cm³/mol. The normalized spacial score (nSPS) is 12.0. The third kappa shape index (κ3) is 4.46. The van der Waals surface area contributed by atoms with Gasteiger partial charge in [-0.25, -0.2) is 0 Å². The standard InChI is InChI=1S/C16H16Cl2N2O/c1-11(12-6-2-3-7-13(12)17)19-10-16(21)20-15-9-5-4-8-14(15)18/h2-9,11,19H,10H2,1H3,(H,20,21). The monoisotopic (exact) mass is 322 g/mol. The molecule has 21 heavy (non-hydrogen) atoms. The molecule has 0 bridgehead atoms. The fourth-order valence-corrected chi connectivity index (χ4v) is 2.42. The molecule has 0 aliphatic rings. The quantitative estimate of drug-likeness (QED) is 0.862. The van der Waals surface area contributed by atoms with Crippen LogP contribution >= 0.6 is 23.2 Å². The van der Waals surface area contributed by atoms with E-state index in [1.807, 2.05) is 43.3 Å². The van der Waals surface area contributed by atoms with Crippen LogP contribution in [-0.2, 0) is 4.79 Å². The van der Waals surface area contributed by atoms with Crippen LogP contribution in [0.2, 0.25) is 10.0 Å². The van der Waals surface area contributed by atoms with Crippen molar-refractivity contribution in [1.82, 2.24) is 5.32 Å². The van der Waals surface area contributed by atoms with Gasteiger partial charge in [0.2, 0.25) is 5.91 Å². The molecule has 0 heterocycles. The molecule has 0 aromatic heterocycles. The van der Waals surface area contributed by atoms with Gasteiger partial charge in [0.15, 0.2) is 0 Å². The first kappa shape index (κ1) is 15.8. The average molecular weight is 323 g/mol. The molecule has 0 spiro atoms. The molecule has 2 N–H and O–H groups in total. The zero-order valence-electron chi connectivity index (χ0n) is 11.6. The lowest BCUT2D eigenvalue weighted by Gasteiger charge is -2.15. The average Bonchev–Trinajstić information content (AvgIpc) is 2.48. The van der Waals surface area contributed by atoms with Gasteiger partial charge in [0.25, 0.3) is 0 Å². The summed E-state index contributed by atoms with van der Waals surface area (Å²) in [5.41, 5.74) is 1.57. The molecule has 0 aliphatic heterocycles. The second kappa shape index (κ2) is 7.46. The van der Waals surface area contributed by atoms with Crippen LogP contribution < -0.4 is 10.6 Å². The summed E-state index contributed by atoms with van der Waals surface area (Å²) in [6, 6.07) is 14.7. The van der Waals surface area contributed by atoms with Crippen molar-refractivity contribution in [2.45, 2.75) is 13.0 Å². The highest BCUT2D eigenvalue weighted by Gasteiger charge is 2.11. The second-order valence-electron chi connectivity index (χ2n) is 4.65. The molecule has 2 aromatic rings. The van der Waals surface area contributed by atoms with Crippen molar-refractivity contribution in [2.24, 2.45) is 0 Å². The minimum atomic E-state index is -0.151. The molecule has 110 valence electrons. The summed E-state index contributed by atoms with van der Waals surface area (Å²) in [5.74, 6) is -0.151. The van der Waals surface area contributed by atoms with Gasteiger partial charge in [0.05, 0.1) is 17.3 Å². The number of hydrogen-bond donors (Lipinski definition) is 2. The Morgan fingerprint density at radius 1 is 1.05 bits per heavy atom. The van der Waals surface area contributed by atoms with Gasteiger partial charge in [-0.15, -0.1) is 0 Å². The third-order valence-corrected chi connectivity index (χ3v) is 3.76. The van der Waals surface area contributed by atoms with Crippen LogP contribution in [0.5, 0.6) is 0 Å². The fraction of sp³-hybridized carbons (Fsp3) is 0.188. The summed E-state index contributed by atoms with van der Waals surface area (Å²) in [6.45, 7) is 2.14. The van der Waals surface area contributed by atoms with E-state index >= 15 is 0 Å². The van der Waals surface area contributed by atoms with E-state index in [2.05, 4.69) is 10.6 Å². The van der Waals surface area contributed by atoms with Crippen molar-refractivity contribution < 1.29 is 4.79 Å². The molecule has 0 aliphatic carbocycles. The van der Waals surface area contributed by atoms with E-state index in [0.29, 0.717) is 15.7 Å². The van der Waals surface area contributed by atoms with E-state index in [1.54, 1.807) is 12.1 Å². The smallest absolute Gasteiger partial charge is 0.238 e. The van der Waals surface area contributed by atoms with E-state index in [4.69, 9.17) is 23.2 Å². The summed E-state index contributed by atoms with van der Waals surface area (Å²) >= 11 is 12.1. The lowest BCUT2D eigenvalue weighted by Crippen LogP contribution is -2.30. The number of benzene rings is 2. The van der Waals surface area contributed by atoms with Crippen LogP contribution in [0.15, 0.2) is 48.5 Å². The number of hydrogen-bond acceptors (Lipinski definition) is 2. The Morgan fingerprint density at radius 2 is 1.67 bits per heavy atom. The molecule has 0 fully saturated rings. The number of amides is 1. The number of nitrogens with one attached hydrogen (secondary N) is 2. The maximum Gasteiger partial charge on any atom is 0.238 e. The molecule has 2 rings (SSSR count). The number of rotatable bonds is 5. The summed E-state index contributed by atoms with van der Waals surface area (Å²) in [6.07, 6.45) is 0. The molecule has 1 unspecified atom stereocenters. The molecule has 5 heteroatoms. The van der Waals surface area contributed by atoms with Crippen molar-refractivity contribution in [2.75, 3.05) is 11.9 Å². The summed E-state index contributed by atoms with van der Waals surface area (Å²) in [7, 11) is 0. The summed E-state index contributed by atoms with van der Waals surface area (Å²) < 4.78 is 0. The Morgan fingerprint density at radius 3 is 2.33 bits per heavy atom. The van der Waals surface area contributed by atoms with Gasteiger partial charge >= 0.3 is 0 Å². The third-order valence-electron chi connectivity index (χ3n) is 3.09. The maximum absolute atomic E-state index is 11.9. The lowest BCUT2D eigenvalue weighted by molar-refractivity contribution is -0.115. The minimum Gasteiger partial charge on any atom is -0.324 e. The number of anilines is 1.